The minimum absolute atomic E-state index is 0.0172. The number of hydrogen-bond acceptors (Lipinski definition) is 6. The lowest BCUT2D eigenvalue weighted by Crippen LogP contribution is -2.64. The van der Waals surface area contributed by atoms with Crippen LogP contribution in [0.25, 0.3) is 0 Å². The lowest BCUT2D eigenvalue weighted by Gasteiger charge is -2.49. The van der Waals surface area contributed by atoms with Gasteiger partial charge in [-0.3, -0.25) is 19.3 Å². The van der Waals surface area contributed by atoms with E-state index >= 15 is 0 Å². The summed E-state index contributed by atoms with van der Waals surface area (Å²) in [6.45, 7) is 4.17. The van der Waals surface area contributed by atoms with Crippen molar-refractivity contribution >= 4 is 29.4 Å². The molecule has 9 heteroatoms. The third-order valence-electron chi connectivity index (χ3n) is 6.51. The van der Waals surface area contributed by atoms with Crippen molar-refractivity contribution in [2.45, 2.75) is 25.4 Å². The number of hydrogen-bond donors (Lipinski definition) is 0. The second-order valence-electron chi connectivity index (χ2n) is 8.27. The molecule has 0 radical (unpaired) electrons. The van der Waals surface area contributed by atoms with Crippen LogP contribution < -0.4 is 9.80 Å². The second kappa shape index (κ2) is 7.33. The number of amides is 3. The van der Waals surface area contributed by atoms with Crippen molar-refractivity contribution in [2.24, 2.45) is 0 Å². The van der Waals surface area contributed by atoms with E-state index in [-0.39, 0.29) is 24.3 Å². The van der Waals surface area contributed by atoms with Gasteiger partial charge >= 0.3 is 0 Å². The molecule has 4 heterocycles. The third kappa shape index (κ3) is 3.11. The van der Waals surface area contributed by atoms with Crippen molar-refractivity contribution in [3.63, 3.8) is 0 Å². The van der Waals surface area contributed by atoms with Crippen molar-refractivity contribution < 1.29 is 14.4 Å². The summed E-state index contributed by atoms with van der Waals surface area (Å²) in [5, 5.41) is 0. The maximum atomic E-state index is 13.3. The van der Waals surface area contributed by atoms with Gasteiger partial charge in [-0.25, -0.2) is 9.97 Å². The molecule has 3 aliphatic heterocycles. The molecule has 5 rings (SSSR count). The molecule has 0 N–H and O–H groups in total. The Labute approximate surface area is 180 Å². The second-order valence-corrected chi connectivity index (χ2v) is 8.27. The molecule has 0 bridgehead atoms. The van der Waals surface area contributed by atoms with Gasteiger partial charge in [0, 0.05) is 45.0 Å². The van der Waals surface area contributed by atoms with E-state index in [9.17, 15) is 14.4 Å². The van der Waals surface area contributed by atoms with Crippen LogP contribution in [0.2, 0.25) is 0 Å². The number of aromatic nitrogens is 2. The summed E-state index contributed by atoms with van der Waals surface area (Å²) in [6.07, 6.45) is 4.28. The lowest BCUT2D eigenvalue weighted by atomic mass is 9.98. The fourth-order valence-corrected chi connectivity index (χ4v) is 4.79. The summed E-state index contributed by atoms with van der Waals surface area (Å²) in [4.78, 5) is 54.8. The molecule has 0 unspecified atom stereocenters. The van der Waals surface area contributed by atoms with Gasteiger partial charge in [0.15, 0.2) is 0 Å². The summed E-state index contributed by atoms with van der Waals surface area (Å²) in [5.41, 5.74) is 0.282. The number of rotatable bonds is 3. The molecular weight excluding hydrogens is 396 g/mol. The molecule has 2 saturated heterocycles. The van der Waals surface area contributed by atoms with Crippen molar-refractivity contribution in [3.8, 4) is 0 Å². The molecule has 2 aromatic rings. The predicted molar refractivity (Wildman–Crippen MR) is 113 cm³/mol. The minimum Gasteiger partial charge on any atom is -0.338 e. The molecule has 0 saturated carbocycles. The molecule has 1 aromatic carbocycles. The van der Waals surface area contributed by atoms with E-state index in [0.29, 0.717) is 56.2 Å². The minimum atomic E-state index is -0.822. The zero-order chi connectivity index (χ0) is 21.6. The van der Waals surface area contributed by atoms with Gasteiger partial charge in [-0.05, 0) is 31.5 Å². The summed E-state index contributed by atoms with van der Waals surface area (Å²) >= 11 is 0. The quantitative estimate of drug-likeness (QED) is 0.739. The van der Waals surface area contributed by atoms with Crippen LogP contribution in [0.15, 0.2) is 42.7 Å². The standard InChI is InChI=1S/C22H24N6O3/c1-22-8-7-18(29)28(22)17-6-3-2-5-16(17)20(31)27(22)15-19(30)25-11-13-26(14-12-25)21-23-9-4-10-24-21/h2-6,9-10H,7-8,11-15H2,1H3/t22-/m1/s1. The summed E-state index contributed by atoms with van der Waals surface area (Å²) in [6, 6.07) is 8.91. The van der Waals surface area contributed by atoms with Crippen molar-refractivity contribution in [3.05, 3.63) is 48.3 Å². The number of fused-ring (bicyclic) bond motifs is 3. The first-order chi connectivity index (χ1) is 15.0. The Kier molecular flexibility index (Phi) is 4.60. The van der Waals surface area contributed by atoms with E-state index in [1.807, 2.05) is 17.9 Å². The highest BCUT2D eigenvalue weighted by molar-refractivity contribution is 6.11. The van der Waals surface area contributed by atoms with Crippen LogP contribution in [-0.2, 0) is 9.59 Å². The van der Waals surface area contributed by atoms with Crippen LogP contribution in [0.3, 0.4) is 0 Å². The van der Waals surface area contributed by atoms with Crippen LogP contribution in [0.4, 0.5) is 11.6 Å². The Balaban J connectivity index is 1.33. The summed E-state index contributed by atoms with van der Waals surface area (Å²) < 4.78 is 0. The van der Waals surface area contributed by atoms with Gasteiger partial charge in [0.25, 0.3) is 5.91 Å². The normalized spacial score (nSPS) is 23.1. The van der Waals surface area contributed by atoms with Gasteiger partial charge in [-0.1, -0.05) is 12.1 Å². The molecule has 9 nitrogen and oxygen atoms in total. The first-order valence-electron chi connectivity index (χ1n) is 10.5. The highest BCUT2D eigenvalue weighted by Gasteiger charge is 2.53. The maximum absolute atomic E-state index is 13.3. The van der Waals surface area contributed by atoms with E-state index in [1.54, 1.807) is 51.4 Å². The average molecular weight is 420 g/mol. The van der Waals surface area contributed by atoms with Crippen LogP contribution in [0.1, 0.15) is 30.1 Å². The van der Waals surface area contributed by atoms with E-state index in [0.717, 1.165) is 0 Å². The van der Waals surface area contributed by atoms with Crippen molar-refractivity contribution in [2.75, 3.05) is 42.5 Å². The summed E-state index contributed by atoms with van der Waals surface area (Å²) in [5.74, 6) is 0.331. The van der Waals surface area contributed by atoms with Crippen LogP contribution in [-0.4, -0.2) is 75.9 Å². The smallest absolute Gasteiger partial charge is 0.258 e. The third-order valence-corrected chi connectivity index (χ3v) is 6.51. The summed E-state index contributed by atoms with van der Waals surface area (Å²) in [7, 11) is 0. The topological polar surface area (TPSA) is 90.0 Å². The first kappa shape index (κ1) is 19.5. The lowest BCUT2D eigenvalue weighted by molar-refractivity contribution is -0.133. The van der Waals surface area contributed by atoms with E-state index in [4.69, 9.17) is 0 Å². The van der Waals surface area contributed by atoms with Crippen LogP contribution >= 0.6 is 0 Å². The number of carbonyl (C=O) groups excluding carboxylic acids is 3. The zero-order valence-corrected chi connectivity index (χ0v) is 17.4. The predicted octanol–water partition coefficient (Wildman–Crippen LogP) is 1.12. The van der Waals surface area contributed by atoms with Gasteiger partial charge in [0.2, 0.25) is 17.8 Å². The Morgan fingerprint density at radius 3 is 2.48 bits per heavy atom. The molecular formula is C22H24N6O3. The fraction of sp³-hybridized carbons (Fsp3) is 0.409. The Bertz CT molecular complexity index is 1040. The number of nitrogens with zero attached hydrogens (tertiary/aromatic N) is 6. The highest BCUT2D eigenvalue weighted by Crippen LogP contribution is 2.43. The van der Waals surface area contributed by atoms with E-state index in [2.05, 4.69) is 9.97 Å². The monoisotopic (exact) mass is 420 g/mol. The Morgan fingerprint density at radius 1 is 1.03 bits per heavy atom. The van der Waals surface area contributed by atoms with Gasteiger partial charge in [0.1, 0.15) is 12.2 Å². The number of anilines is 2. The zero-order valence-electron chi connectivity index (χ0n) is 17.4. The van der Waals surface area contributed by atoms with Crippen LogP contribution in [0.5, 0.6) is 0 Å². The average Bonchev–Trinajstić information content (AvgIpc) is 3.12. The molecule has 0 aliphatic carbocycles. The molecule has 3 amide bonds. The number of piperazine rings is 1. The van der Waals surface area contributed by atoms with Crippen LogP contribution in [0, 0.1) is 0 Å². The van der Waals surface area contributed by atoms with Gasteiger partial charge in [-0.2, -0.15) is 0 Å². The fourth-order valence-electron chi connectivity index (χ4n) is 4.79. The van der Waals surface area contributed by atoms with Gasteiger partial charge in [0.05, 0.1) is 11.3 Å². The molecule has 3 aliphatic rings. The number of para-hydroxylation sites is 1. The Hall–Kier alpha value is -3.49. The van der Waals surface area contributed by atoms with Crippen molar-refractivity contribution in [1.29, 1.82) is 0 Å². The van der Waals surface area contributed by atoms with E-state index in [1.165, 1.54) is 0 Å². The highest BCUT2D eigenvalue weighted by atomic mass is 16.2. The van der Waals surface area contributed by atoms with E-state index < -0.39 is 5.66 Å². The van der Waals surface area contributed by atoms with Crippen molar-refractivity contribution in [1.82, 2.24) is 19.8 Å². The number of carbonyl (C=O) groups is 3. The molecule has 2 fully saturated rings. The SMILES string of the molecule is C[C@]12CCC(=O)N1c1ccccc1C(=O)N2CC(=O)N1CCN(c2ncccn2)CC1. The maximum Gasteiger partial charge on any atom is 0.258 e. The van der Waals surface area contributed by atoms with Gasteiger partial charge in [-0.15, -0.1) is 0 Å². The largest absolute Gasteiger partial charge is 0.338 e. The molecule has 1 aromatic heterocycles. The number of benzene rings is 1. The molecule has 0 spiro atoms. The molecule has 160 valence electrons. The van der Waals surface area contributed by atoms with Gasteiger partial charge < -0.3 is 14.7 Å². The molecule has 1 atom stereocenters. The first-order valence-corrected chi connectivity index (χ1v) is 10.5. The molecule has 31 heavy (non-hydrogen) atoms. The Morgan fingerprint density at radius 2 is 1.74 bits per heavy atom.